The first-order chi connectivity index (χ1) is 16.0. The standard InChI is InChI=1S/C26H27N3O4/c1-5-12-29-25(17-9-11-20(33-13-6-2)21(15-17)32-7-3)22-23(27-28-24(22)26(29)31)18-14-16(4)8-10-19(18)30/h5-6,8-11,14-15,25,30H,1-2,7,12-13H2,3-4H3,(H,27,28). The molecule has 0 saturated carbocycles. The van der Waals surface area contributed by atoms with Crippen molar-refractivity contribution in [1.82, 2.24) is 15.1 Å². The van der Waals surface area contributed by atoms with E-state index in [9.17, 15) is 9.90 Å². The summed E-state index contributed by atoms with van der Waals surface area (Å²) in [6.45, 7) is 12.5. The highest BCUT2D eigenvalue weighted by Crippen LogP contribution is 2.46. The van der Waals surface area contributed by atoms with Gasteiger partial charge >= 0.3 is 0 Å². The van der Waals surface area contributed by atoms with E-state index in [0.29, 0.717) is 53.8 Å². The van der Waals surface area contributed by atoms with Crippen molar-refractivity contribution in [2.24, 2.45) is 0 Å². The van der Waals surface area contributed by atoms with Crippen LogP contribution >= 0.6 is 0 Å². The number of carbonyl (C=O) groups excluding carboxylic acids is 1. The molecule has 1 aliphatic heterocycles. The summed E-state index contributed by atoms with van der Waals surface area (Å²) < 4.78 is 11.6. The fraction of sp³-hybridized carbons (Fsp3) is 0.231. The van der Waals surface area contributed by atoms with E-state index in [0.717, 1.165) is 11.1 Å². The summed E-state index contributed by atoms with van der Waals surface area (Å²) in [7, 11) is 0. The van der Waals surface area contributed by atoms with Crippen molar-refractivity contribution in [2.45, 2.75) is 19.9 Å². The number of nitrogens with one attached hydrogen (secondary N) is 1. The maximum atomic E-state index is 13.3. The van der Waals surface area contributed by atoms with Gasteiger partial charge in [-0.15, -0.1) is 6.58 Å². The van der Waals surface area contributed by atoms with Crippen molar-refractivity contribution in [3.05, 3.63) is 84.1 Å². The van der Waals surface area contributed by atoms with Crippen molar-refractivity contribution in [3.8, 4) is 28.5 Å². The Morgan fingerprint density at radius 1 is 1.15 bits per heavy atom. The Bertz CT molecular complexity index is 1210. The number of nitrogens with zero attached hydrogens (tertiary/aromatic N) is 2. The number of hydrogen-bond acceptors (Lipinski definition) is 5. The second-order valence-electron chi connectivity index (χ2n) is 7.77. The molecule has 2 aromatic carbocycles. The number of phenolic OH excluding ortho intramolecular Hbond substituents is 1. The number of ether oxygens (including phenoxy) is 2. The van der Waals surface area contributed by atoms with Crippen LogP contribution in [-0.4, -0.2) is 45.9 Å². The zero-order valence-electron chi connectivity index (χ0n) is 18.8. The van der Waals surface area contributed by atoms with Crippen LogP contribution in [0.5, 0.6) is 17.2 Å². The van der Waals surface area contributed by atoms with E-state index in [4.69, 9.17) is 9.47 Å². The predicted molar refractivity (Wildman–Crippen MR) is 127 cm³/mol. The second kappa shape index (κ2) is 9.24. The number of aryl methyl sites for hydroxylation is 1. The van der Waals surface area contributed by atoms with Gasteiger partial charge in [0.1, 0.15) is 23.7 Å². The Balaban J connectivity index is 1.88. The average Bonchev–Trinajstić information content (AvgIpc) is 3.34. The first-order valence-electron chi connectivity index (χ1n) is 10.8. The molecule has 7 nitrogen and oxygen atoms in total. The second-order valence-corrected chi connectivity index (χ2v) is 7.77. The highest BCUT2D eigenvalue weighted by atomic mass is 16.5. The van der Waals surface area contributed by atoms with Gasteiger partial charge in [-0.25, -0.2) is 0 Å². The highest BCUT2D eigenvalue weighted by molar-refractivity contribution is 6.00. The molecule has 1 unspecified atom stereocenters. The topological polar surface area (TPSA) is 87.7 Å². The number of carbonyl (C=O) groups is 1. The molecule has 0 aliphatic carbocycles. The molecule has 0 saturated heterocycles. The minimum Gasteiger partial charge on any atom is -0.507 e. The molecule has 7 heteroatoms. The minimum atomic E-state index is -0.438. The zero-order valence-corrected chi connectivity index (χ0v) is 18.8. The van der Waals surface area contributed by atoms with E-state index in [1.807, 2.05) is 44.2 Å². The Labute approximate surface area is 193 Å². The first-order valence-corrected chi connectivity index (χ1v) is 10.8. The molecule has 1 amide bonds. The van der Waals surface area contributed by atoms with Gasteiger partial charge in [0.25, 0.3) is 5.91 Å². The van der Waals surface area contributed by atoms with Crippen LogP contribution in [0.4, 0.5) is 0 Å². The maximum absolute atomic E-state index is 13.3. The summed E-state index contributed by atoms with van der Waals surface area (Å²) in [5.74, 6) is 1.11. The average molecular weight is 446 g/mol. The van der Waals surface area contributed by atoms with Crippen LogP contribution in [0.15, 0.2) is 61.7 Å². The molecule has 1 atom stereocenters. The lowest BCUT2D eigenvalue weighted by Gasteiger charge is -2.26. The minimum absolute atomic E-state index is 0.103. The number of aromatic amines is 1. The summed E-state index contributed by atoms with van der Waals surface area (Å²) in [6, 6.07) is 10.5. The van der Waals surface area contributed by atoms with Crippen LogP contribution in [0.25, 0.3) is 11.3 Å². The Morgan fingerprint density at radius 2 is 1.97 bits per heavy atom. The fourth-order valence-corrected chi connectivity index (χ4v) is 4.15. The predicted octanol–water partition coefficient (Wildman–Crippen LogP) is 4.79. The zero-order chi connectivity index (χ0) is 23.5. The van der Waals surface area contributed by atoms with E-state index in [1.54, 1.807) is 23.1 Å². The van der Waals surface area contributed by atoms with Crippen LogP contribution in [-0.2, 0) is 0 Å². The molecule has 0 spiro atoms. The molecule has 1 aliphatic rings. The van der Waals surface area contributed by atoms with Crippen LogP contribution < -0.4 is 9.47 Å². The van der Waals surface area contributed by atoms with Crippen LogP contribution in [0, 0.1) is 6.92 Å². The van der Waals surface area contributed by atoms with Gasteiger partial charge in [0.15, 0.2) is 11.5 Å². The number of phenols is 1. The van der Waals surface area contributed by atoms with Gasteiger partial charge in [-0.05, 0) is 43.7 Å². The molecule has 0 bridgehead atoms. The lowest BCUT2D eigenvalue weighted by atomic mass is 9.95. The van der Waals surface area contributed by atoms with E-state index in [-0.39, 0.29) is 11.7 Å². The van der Waals surface area contributed by atoms with Crippen molar-refractivity contribution < 1.29 is 19.4 Å². The van der Waals surface area contributed by atoms with Crippen LogP contribution in [0.2, 0.25) is 0 Å². The van der Waals surface area contributed by atoms with Gasteiger partial charge in [-0.2, -0.15) is 5.10 Å². The number of aromatic hydroxyl groups is 1. The summed E-state index contributed by atoms with van der Waals surface area (Å²) in [5, 5.41) is 17.9. The normalized spacial score (nSPS) is 14.8. The van der Waals surface area contributed by atoms with Gasteiger partial charge in [-0.1, -0.05) is 36.4 Å². The van der Waals surface area contributed by atoms with Crippen LogP contribution in [0.1, 0.15) is 40.1 Å². The first kappa shape index (κ1) is 22.2. The summed E-state index contributed by atoms with van der Waals surface area (Å²) in [6.07, 6.45) is 3.36. The molecule has 170 valence electrons. The number of fused-ring (bicyclic) bond motifs is 1. The number of hydrogen-bond donors (Lipinski definition) is 2. The maximum Gasteiger partial charge on any atom is 0.273 e. The van der Waals surface area contributed by atoms with Gasteiger partial charge in [-0.3, -0.25) is 9.89 Å². The van der Waals surface area contributed by atoms with Gasteiger partial charge in [0, 0.05) is 17.7 Å². The molecule has 2 heterocycles. The smallest absolute Gasteiger partial charge is 0.273 e. The summed E-state index contributed by atoms with van der Waals surface area (Å²) in [5.41, 5.74) is 4.05. The number of amides is 1. The lowest BCUT2D eigenvalue weighted by molar-refractivity contribution is 0.0764. The van der Waals surface area contributed by atoms with E-state index in [2.05, 4.69) is 23.4 Å². The molecule has 0 radical (unpaired) electrons. The van der Waals surface area contributed by atoms with E-state index < -0.39 is 6.04 Å². The number of rotatable bonds is 9. The summed E-state index contributed by atoms with van der Waals surface area (Å²) >= 11 is 0. The third-order valence-corrected chi connectivity index (χ3v) is 5.54. The monoisotopic (exact) mass is 445 g/mol. The largest absolute Gasteiger partial charge is 0.507 e. The Morgan fingerprint density at radius 3 is 2.70 bits per heavy atom. The summed E-state index contributed by atoms with van der Waals surface area (Å²) in [4.78, 5) is 15.0. The van der Waals surface area contributed by atoms with Crippen molar-refractivity contribution >= 4 is 5.91 Å². The Hall–Kier alpha value is -4.00. The number of aromatic nitrogens is 2. The van der Waals surface area contributed by atoms with Gasteiger partial charge in [0.05, 0.1) is 12.6 Å². The van der Waals surface area contributed by atoms with E-state index in [1.165, 1.54) is 0 Å². The van der Waals surface area contributed by atoms with Crippen molar-refractivity contribution in [1.29, 1.82) is 0 Å². The third-order valence-electron chi connectivity index (χ3n) is 5.54. The molecule has 4 rings (SSSR count). The fourth-order valence-electron chi connectivity index (χ4n) is 4.15. The van der Waals surface area contributed by atoms with Crippen molar-refractivity contribution in [3.63, 3.8) is 0 Å². The van der Waals surface area contributed by atoms with Crippen molar-refractivity contribution in [2.75, 3.05) is 19.8 Å². The molecule has 33 heavy (non-hydrogen) atoms. The van der Waals surface area contributed by atoms with Crippen LogP contribution in [0.3, 0.4) is 0 Å². The quantitative estimate of drug-likeness (QED) is 0.463. The molecule has 2 N–H and O–H groups in total. The molecular formula is C26H27N3O4. The SMILES string of the molecule is C=CCOc1ccc(C2c3c(-c4cc(C)ccc4O)n[nH]c3C(=O)N2CC=C)cc1OCC. The molecule has 3 aromatic rings. The number of benzene rings is 2. The van der Waals surface area contributed by atoms with Gasteiger partial charge in [0.2, 0.25) is 0 Å². The Kier molecular flexibility index (Phi) is 6.22. The molecular weight excluding hydrogens is 418 g/mol. The lowest BCUT2D eigenvalue weighted by Crippen LogP contribution is -2.29. The number of H-pyrrole nitrogens is 1. The third kappa shape index (κ3) is 3.98. The molecule has 0 fully saturated rings. The van der Waals surface area contributed by atoms with E-state index >= 15 is 0 Å². The molecule has 1 aromatic heterocycles. The highest BCUT2D eigenvalue weighted by Gasteiger charge is 2.42. The van der Waals surface area contributed by atoms with Gasteiger partial charge < -0.3 is 19.5 Å².